The van der Waals surface area contributed by atoms with Gasteiger partial charge in [0.1, 0.15) is 6.54 Å². The lowest BCUT2D eigenvalue weighted by Gasteiger charge is -2.25. The molecule has 1 amide bonds. The summed E-state index contributed by atoms with van der Waals surface area (Å²) in [6.07, 6.45) is 1.06. The van der Waals surface area contributed by atoms with Crippen molar-refractivity contribution in [3.63, 3.8) is 0 Å². The number of hydrogen-bond donors (Lipinski definition) is 3. The van der Waals surface area contributed by atoms with Crippen LogP contribution in [0.15, 0.2) is 24.3 Å². The van der Waals surface area contributed by atoms with Crippen LogP contribution >= 0.6 is 12.2 Å². The van der Waals surface area contributed by atoms with Crippen LogP contribution < -0.4 is 20.5 Å². The van der Waals surface area contributed by atoms with E-state index in [-0.39, 0.29) is 17.2 Å². The highest BCUT2D eigenvalue weighted by Gasteiger charge is 2.22. The predicted octanol–water partition coefficient (Wildman–Crippen LogP) is 1.05. The second-order valence-electron chi connectivity index (χ2n) is 6.43. The first kappa shape index (κ1) is 20.2. The molecular weight excluding hydrogens is 348 g/mol. The molecule has 1 rings (SSSR count). The Bertz CT molecular complexity index is 712. The van der Waals surface area contributed by atoms with Crippen LogP contribution in [0.5, 0.6) is 0 Å². The zero-order valence-electron chi connectivity index (χ0n) is 14.5. The molecule has 0 bridgehead atoms. The summed E-state index contributed by atoms with van der Waals surface area (Å²) in [7, 11) is -3.61. The molecule has 0 heterocycles. The number of rotatable bonds is 4. The number of nitrogens with one attached hydrogen (secondary N) is 3. The van der Waals surface area contributed by atoms with E-state index in [4.69, 9.17) is 12.2 Å². The third-order valence-corrected chi connectivity index (χ3v) is 4.21. The van der Waals surface area contributed by atoms with Crippen LogP contribution in [0.1, 0.15) is 26.3 Å². The van der Waals surface area contributed by atoms with Crippen LogP contribution in [-0.2, 0) is 14.8 Å². The summed E-state index contributed by atoms with van der Waals surface area (Å²) in [5.74, 6) is -0.526. The number of hydrazine groups is 1. The van der Waals surface area contributed by atoms with Crippen LogP contribution in [0.3, 0.4) is 0 Å². The number of carbonyl (C=O) groups excluding carboxylic acids is 1. The van der Waals surface area contributed by atoms with E-state index in [0.717, 1.165) is 16.1 Å². The van der Waals surface area contributed by atoms with Crippen LogP contribution in [0.4, 0.5) is 5.69 Å². The van der Waals surface area contributed by atoms with Crippen molar-refractivity contribution in [2.24, 2.45) is 0 Å². The van der Waals surface area contributed by atoms with E-state index in [1.54, 1.807) is 31.2 Å². The lowest BCUT2D eigenvalue weighted by molar-refractivity contribution is -0.120. The quantitative estimate of drug-likeness (QED) is 0.541. The summed E-state index contributed by atoms with van der Waals surface area (Å²) < 4.78 is 25.1. The van der Waals surface area contributed by atoms with Gasteiger partial charge in [0, 0.05) is 5.54 Å². The van der Waals surface area contributed by atoms with Gasteiger partial charge in [-0.15, -0.1) is 0 Å². The lowest BCUT2D eigenvalue weighted by Crippen LogP contribution is -2.54. The molecule has 0 aliphatic heterocycles. The van der Waals surface area contributed by atoms with Crippen molar-refractivity contribution in [2.45, 2.75) is 33.2 Å². The number of carbonyl (C=O) groups is 1. The van der Waals surface area contributed by atoms with Gasteiger partial charge in [0.05, 0.1) is 11.9 Å². The number of amides is 1. The van der Waals surface area contributed by atoms with Gasteiger partial charge in [-0.1, -0.05) is 18.2 Å². The smallest absolute Gasteiger partial charge is 0.259 e. The number of nitrogens with zero attached hydrogens (tertiary/aromatic N) is 1. The van der Waals surface area contributed by atoms with E-state index in [2.05, 4.69) is 16.2 Å². The number of thiocarbonyl (C=S) groups is 1. The number of anilines is 1. The highest BCUT2D eigenvalue weighted by Crippen LogP contribution is 2.21. The summed E-state index contributed by atoms with van der Waals surface area (Å²) >= 11 is 5.05. The van der Waals surface area contributed by atoms with Gasteiger partial charge in [-0.2, -0.15) is 0 Å². The summed E-state index contributed by atoms with van der Waals surface area (Å²) in [5.41, 5.74) is 5.93. The normalized spacial score (nSPS) is 11.5. The Balaban J connectivity index is 2.77. The lowest BCUT2D eigenvalue weighted by atomic mass is 10.1. The Morgan fingerprint density at radius 1 is 1.21 bits per heavy atom. The van der Waals surface area contributed by atoms with Crippen LogP contribution in [0.25, 0.3) is 0 Å². The van der Waals surface area contributed by atoms with Crippen molar-refractivity contribution in [2.75, 3.05) is 17.1 Å². The van der Waals surface area contributed by atoms with Gasteiger partial charge in [-0.25, -0.2) is 8.42 Å². The molecule has 134 valence electrons. The standard InChI is InChI=1S/C15H24N4O3S2/c1-11-8-6-7-9-12(11)19(24(5,21)22)10-13(20)17-18-14(23)16-15(2,3)4/h6-9H,10H2,1-5H3,(H,17,20)(H2,16,18,23). The number of para-hydroxylation sites is 1. The van der Waals surface area contributed by atoms with Crippen molar-refractivity contribution in [1.82, 2.24) is 16.2 Å². The summed E-state index contributed by atoms with van der Waals surface area (Å²) in [5, 5.41) is 3.22. The van der Waals surface area contributed by atoms with Crippen molar-refractivity contribution in [1.29, 1.82) is 0 Å². The summed E-state index contributed by atoms with van der Waals surface area (Å²) in [6, 6.07) is 6.96. The maximum atomic E-state index is 12.1. The molecule has 0 unspecified atom stereocenters. The van der Waals surface area contributed by atoms with Gasteiger partial charge in [0.2, 0.25) is 10.0 Å². The summed E-state index contributed by atoms with van der Waals surface area (Å²) in [6.45, 7) is 7.20. The maximum Gasteiger partial charge on any atom is 0.259 e. The molecule has 24 heavy (non-hydrogen) atoms. The monoisotopic (exact) mass is 372 g/mol. The molecule has 0 saturated carbocycles. The van der Waals surface area contributed by atoms with E-state index in [9.17, 15) is 13.2 Å². The van der Waals surface area contributed by atoms with Crippen LogP contribution in [0, 0.1) is 6.92 Å². The number of benzene rings is 1. The first-order valence-corrected chi connectivity index (χ1v) is 9.56. The molecule has 0 fully saturated rings. The Labute approximate surface area is 148 Å². The van der Waals surface area contributed by atoms with Gasteiger partial charge in [0.25, 0.3) is 5.91 Å². The minimum atomic E-state index is -3.61. The minimum absolute atomic E-state index is 0.248. The Kier molecular flexibility index (Phi) is 6.56. The second-order valence-corrected chi connectivity index (χ2v) is 8.75. The van der Waals surface area contributed by atoms with Crippen LogP contribution in [-0.4, -0.2) is 37.8 Å². The number of aryl methyl sites for hydroxylation is 1. The van der Waals surface area contributed by atoms with Crippen molar-refractivity contribution in [3.05, 3.63) is 29.8 Å². The fraction of sp³-hybridized carbons (Fsp3) is 0.467. The Morgan fingerprint density at radius 2 is 1.79 bits per heavy atom. The first-order chi connectivity index (χ1) is 10.9. The Morgan fingerprint density at radius 3 is 2.29 bits per heavy atom. The molecule has 7 nitrogen and oxygen atoms in total. The third kappa shape index (κ3) is 6.71. The first-order valence-electron chi connectivity index (χ1n) is 7.30. The number of sulfonamides is 1. The predicted molar refractivity (Wildman–Crippen MR) is 100 cm³/mol. The van der Waals surface area contributed by atoms with E-state index in [1.165, 1.54) is 0 Å². The largest absolute Gasteiger partial charge is 0.357 e. The fourth-order valence-corrected chi connectivity index (χ4v) is 3.16. The van der Waals surface area contributed by atoms with Gasteiger partial charge in [0.15, 0.2) is 5.11 Å². The minimum Gasteiger partial charge on any atom is -0.357 e. The molecule has 0 atom stereocenters. The average Bonchev–Trinajstić information content (AvgIpc) is 2.40. The topological polar surface area (TPSA) is 90.5 Å². The SMILES string of the molecule is Cc1ccccc1N(CC(=O)NNC(=S)NC(C)(C)C)S(C)(=O)=O. The van der Waals surface area contributed by atoms with Gasteiger partial charge < -0.3 is 5.32 Å². The molecule has 0 spiro atoms. The molecular formula is C15H24N4O3S2. The van der Waals surface area contributed by atoms with Crippen molar-refractivity contribution >= 4 is 38.9 Å². The van der Waals surface area contributed by atoms with Crippen LogP contribution in [0.2, 0.25) is 0 Å². The molecule has 0 aliphatic carbocycles. The highest BCUT2D eigenvalue weighted by atomic mass is 32.2. The van der Waals surface area contributed by atoms with E-state index in [1.807, 2.05) is 20.8 Å². The fourth-order valence-electron chi connectivity index (χ4n) is 1.89. The molecule has 0 aromatic heterocycles. The molecule has 1 aromatic carbocycles. The van der Waals surface area contributed by atoms with Gasteiger partial charge >= 0.3 is 0 Å². The highest BCUT2D eigenvalue weighted by molar-refractivity contribution is 7.92. The molecule has 1 aromatic rings. The van der Waals surface area contributed by atoms with Gasteiger partial charge in [-0.3, -0.25) is 20.0 Å². The van der Waals surface area contributed by atoms with E-state index >= 15 is 0 Å². The molecule has 3 N–H and O–H groups in total. The van der Waals surface area contributed by atoms with Crippen molar-refractivity contribution < 1.29 is 13.2 Å². The summed E-state index contributed by atoms with van der Waals surface area (Å²) in [4.78, 5) is 12.1. The second kappa shape index (κ2) is 7.80. The average molecular weight is 373 g/mol. The Hall–Kier alpha value is -1.87. The number of hydrogen-bond acceptors (Lipinski definition) is 4. The molecule has 9 heteroatoms. The van der Waals surface area contributed by atoms with Crippen molar-refractivity contribution in [3.8, 4) is 0 Å². The van der Waals surface area contributed by atoms with E-state index in [0.29, 0.717) is 5.69 Å². The zero-order valence-corrected chi connectivity index (χ0v) is 16.1. The third-order valence-electron chi connectivity index (χ3n) is 2.88. The van der Waals surface area contributed by atoms with Gasteiger partial charge in [-0.05, 0) is 51.5 Å². The maximum absolute atomic E-state index is 12.1. The molecule has 0 saturated heterocycles. The van der Waals surface area contributed by atoms with E-state index < -0.39 is 15.9 Å². The molecule has 0 aliphatic rings. The zero-order chi connectivity index (χ0) is 18.5. The molecule has 0 radical (unpaired) electrons.